The number of halogens is 1. The Labute approximate surface area is 145 Å². The summed E-state index contributed by atoms with van der Waals surface area (Å²) in [5.74, 6) is 0.988. The lowest BCUT2D eigenvalue weighted by Gasteiger charge is -2.31. The number of rotatable bonds is 5. The Morgan fingerprint density at radius 1 is 1.21 bits per heavy atom. The highest BCUT2D eigenvalue weighted by Crippen LogP contribution is 2.35. The van der Waals surface area contributed by atoms with Gasteiger partial charge in [-0.05, 0) is 17.7 Å². The van der Waals surface area contributed by atoms with Gasteiger partial charge in [-0.2, -0.15) is 0 Å². The molecule has 1 aliphatic rings. The number of carbonyl (C=O) groups excluding carboxylic acids is 1. The zero-order chi connectivity index (χ0) is 16.9. The van der Waals surface area contributed by atoms with E-state index in [1.54, 1.807) is 25.3 Å². The third kappa shape index (κ3) is 3.80. The Morgan fingerprint density at radius 2 is 2.00 bits per heavy atom. The van der Waals surface area contributed by atoms with Gasteiger partial charge in [-0.1, -0.05) is 41.9 Å². The molecule has 6 heteroatoms. The first kappa shape index (κ1) is 16.6. The van der Waals surface area contributed by atoms with E-state index in [0.29, 0.717) is 23.1 Å². The normalized spacial score (nSPS) is 18.6. The summed E-state index contributed by atoms with van der Waals surface area (Å²) in [5, 5.41) is 3.38. The molecule has 0 saturated carbocycles. The molecular formula is C18H18ClNO4. The summed E-state index contributed by atoms with van der Waals surface area (Å²) in [6.07, 6.45) is -0.688. The lowest BCUT2D eigenvalue weighted by Crippen LogP contribution is -2.46. The largest absolute Gasteiger partial charge is 0.493 e. The molecular weight excluding hydrogens is 330 g/mol. The number of hydrogen-bond donors (Lipinski definition) is 1. The number of nitrogens with one attached hydrogen (secondary N) is 1. The van der Waals surface area contributed by atoms with Gasteiger partial charge in [-0.3, -0.25) is 4.79 Å². The average Bonchev–Trinajstić information content (AvgIpc) is 2.62. The molecule has 0 spiro atoms. The molecule has 1 fully saturated rings. The van der Waals surface area contributed by atoms with Crippen molar-refractivity contribution in [2.24, 2.45) is 0 Å². The molecule has 1 aliphatic heterocycles. The molecule has 1 N–H and O–H groups in total. The lowest BCUT2D eigenvalue weighted by molar-refractivity contribution is -0.137. The number of hydrogen-bond acceptors (Lipinski definition) is 4. The minimum absolute atomic E-state index is 0.0229. The van der Waals surface area contributed by atoms with Crippen LogP contribution in [0.1, 0.15) is 11.7 Å². The van der Waals surface area contributed by atoms with Gasteiger partial charge >= 0.3 is 0 Å². The molecule has 1 amide bonds. The highest BCUT2D eigenvalue weighted by molar-refractivity contribution is 6.30. The van der Waals surface area contributed by atoms with Gasteiger partial charge < -0.3 is 19.5 Å². The standard InChI is InChI=1S/C18H18ClNO4/c1-22-15-9-13(19)7-8-14(15)24-18(12-5-3-2-4-6-12)16-10-20-17(21)11-23-16/h2-9,16,18H,10-11H2,1H3,(H,20,21)/t16-,18-/m1/s1. The second-order valence-corrected chi connectivity index (χ2v) is 5.83. The van der Waals surface area contributed by atoms with Gasteiger partial charge in [0.05, 0.1) is 7.11 Å². The van der Waals surface area contributed by atoms with Crippen LogP contribution in [0.5, 0.6) is 11.5 Å². The fraction of sp³-hybridized carbons (Fsp3) is 0.278. The van der Waals surface area contributed by atoms with Crippen LogP contribution in [-0.2, 0) is 9.53 Å². The van der Waals surface area contributed by atoms with Crippen LogP contribution in [0.15, 0.2) is 48.5 Å². The van der Waals surface area contributed by atoms with E-state index in [4.69, 9.17) is 25.8 Å². The van der Waals surface area contributed by atoms with Gasteiger partial charge in [-0.25, -0.2) is 0 Å². The Balaban J connectivity index is 1.89. The first-order valence-electron chi connectivity index (χ1n) is 7.61. The number of amides is 1. The summed E-state index contributed by atoms with van der Waals surface area (Å²) in [4.78, 5) is 11.4. The van der Waals surface area contributed by atoms with E-state index in [-0.39, 0.29) is 24.7 Å². The molecule has 2 aromatic carbocycles. The van der Waals surface area contributed by atoms with Crippen LogP contribution in [-0.4, -0.2) is 32.3 Å². The molecule has 24 heavy (non-hydrogen) atoms. The van der Waals surface area contributed by atoms with Crippen LogP contribution in [0, 0.1) is 0 Å². The molecule has 126 valence electrons. The number of ether oxygens (including phenoxy) is 3. The molecule has 5 nitrogen and oxygen atoms in total. The molecule has 2 atom stereocenters. The molecule has 1 heterocycles. The zero-order valence-electron chi connectivity index (χ0n) is 13.2. The quantitative estimate of drug-likeness (QED) is 0.903. The van der Waals surface area contributed by atoms with Gasteiger partial charge in [-0.15, -0.1) is 0 Å². The van der Waals surface area contributed by atoms with Crippen LogP contribution in [0.2, 0.25) is 5.02 Å². The summed E-state index contributed by atoms with van der Waals surface area (Å²) in [5.41, 5.74) is 0.954. The molecule has 0 bridgehead atoms. The van der Waals surface area contributed by atoms with Crippen molar-refractivity contribution in [3.63, 3.8) is 0 Å². The minimum atomic E-state index is -0.387. The number of benzene rings is 2. The maximum Gasteiger partial charge on any atom is 0.246 e. The minimum Gasteiger partial charge on any atom is -0.493 e. The first-order chi connectivity index (χ1) is 11.7. The summed E-state index contributed by atoms with van der Waals surface area (Å²) in [6, 6.07) is 14.9. The Morgan fingerprint density at radius 3 is 2.67 bits per heavy atom. The fourth-order valence-electron chi connectivity index (χ4n) is 2.58. The average molecular weight is 348 g/mol. The van der Waals surface area contributed by atoms with Gasteiger partial charge in [0.15, 0.2) is 17.6 Å². The second-order valence-electron chi connectivity index (χ2n) is 5.40. The van der Waals surface area contributed by atoms with Crippen LogP contribution >= 0.6 is 11.6 Å². The van der Waals surface area contributed by atoms with E-state index in [2.05, 4.69) is 5.32 Å². The van der Waals surface area contributed by atoms with Crippen LogP contribution in [0.25, 0.3) is 0 Å². The molecule has 1 saturated heterocycles. The van der Waals surface area contributed by atoms with E-state index in [0.717, 1.165) is 5.56 Å². The topological polar surface area (TPSA) is 56.8 Å². The molecule has 0 unspecified atom stereocenters. The maximum absolute atomic E-state index is 11.4. The van der Waals surface area contributed by atoms with Crippen molar-refractivity contribution >= 4 is 17.5 Å². The Kier molecular flexibility index (Phi) is 5.23. The van der Waals surface area contributed by atoms with E-state index in [1.165, 1.54) is 0 Å². The van der Waals surface area contributed by atoms with Crippen LogP contribution < -0.4 is 14.8 Å². The summed E-state index contributed by atoms with van der Waals surface area (Å²) in [7, 11) is 1.56. The molecule has 0 radical (unpaired) electrons. The van der Waals surface area contributed by atoms with E-state index >= 15 is 0 Å². The van der Waals surface area contributed by atoms with Crippen molar-refractivity contribution in [3.8, 4) is 11.5 Å². The first-order valence-corrected chi connectivity index (χ1v) is 7.98. The fourth-order valence-corrected chi connectivity index (χ4v) is 2.74. The highest BCUT2D eigenvalue weighted by atomic mass is 35.5. The maximum atomic E-state index is 11.4. The van der Waals surface area contributed by atoms with E-state index in [1.807, 2.05) is 30.3 Å². The van der Waals surface area contributed by atoms with Crippen molar-refractivity contribution in [1.29, 1.82) is 0 Å². The van der Waals surface area contributed by atoms with Crippen molar-refractivity contribution in [1.82, 2.24) is 5.32 Å². The number of morpholine rings is 1. The van der Waals surface area contributed by atoms with Crippen molar-refractivity contribution in [2.75, 3.05) is 20.3 Å². The lowest BCUT2D eigenvalue weighted by atomic mass is 10.0. The summed E-state index contributed by atoms with van der Waals surface area (Å²) >= 11 is 6.01. The smallest absolute Gasteiger partial charge is 0.246 e. The highest BCUT2D eigenvalue weighted by Gasteiger charge is 2.30. The number of methoxy groups -OCH3 is 1. The summed E-state index contributed by atoms with van der Waals surface area (Å²) in [6.45, 7) is 0.406. The SMILES string of the molecule is COc1cc(Cl)ccc1O[C@H](c1ccccc1)[C@H]1CNC(=O)CO1. The van der Waals surface area contributed by atoms with Crippen molar-refractivity contribution < 1.29 is 19.0 Å². The second kappa shape index (κ2) is 7.55. The summed E-state index contributed by atoms with van der Waals surface area (Å²) < 4.78 is 17.2. The zero-order valence-corrected chi connectivity index (χ0v) is 14.0. The van der Waals surface area contributed by atoms with Gasteiger partial charge in [0.1, 0.15) is 12.7 Å². The predicted octanol–water partition coefficient (Wildman–Crippen LogP) is 2.98. The third-order valence-electron chi connectivity index (χ3n) is 3.77. The molecule has 2 aromatic rings. The Hall–Kier alpha value is -2.24. The third-order valence-corrected chi connectivity index (χ3v) is 4.01. The van der Waals surface area contributed by atoms with E-state index < -0.39 is 0 Å². The Bertz CT molecular complexity index is 697. The molecule has 0 aliphatic carbocycles. The van der Waals surface area contributed by atoms with E-state index in [9.17, 15) is 4.79 Å². The van der Waals surface area contributed by atoms with Crippen LogP contribution in [0.3, 0.4) is 0 Å². The van der Waals surface area contributed by atoms with Crippen molar-refractivity contribution in [2.45, 2.75) is 12.2 Å². The van der Waals surface area contributed by atoms with Crippen LogP contribution in [0.4, 0.5) is 0 Å². The predicted molar refractivity (Wildman–Crippen MR) is 90.6 cm³/mol. The van der Waals surface area contributed by atoms with Gasteiger partial charge in [0.25, 0.3) is 0 Å². The van der Waals surface area contributed by atoms with Crippen molar-refractivity contribution in [3.05, 3.63) is 59.1 Å². The van der Waals surface area contributed by atoms with Gasteiger partial charge in [0, 0.05) is 17.6 Å². The monoisotopic (exact) mass is 347 g/mol. The molecule has 3 rings (SSSR count). The van der Waals surface area contributed by atoms with Gasteiger partial charge in [0.2, 0.25) is 5.91 Å². The number of carbonyl (C=O) groups is 1. The molecule has 0 aromatic heterocycles.